The molecule has 0 bridgehead atoms. The lowest BCUT2D eigenvalue weighted by molar-refractivity contribution is -0.111. The lowest BCUT2D eigenvalue weighted by Crippen LogP contribution is -2.36. The molecular formula is C19H20N2O2. The lowest BCUT2D eigenvalue weighted by Gasteiger charge is -2.30. The summed E-state index contributed by atoms with van der Waals surface area (Å²) in [4.78, 5) is 14.4. The van der Waals surface area contributed by atoms with Gasteiger partial charge in [0.25, 0.3) is 0 Å². The molecular weight excluding hydrogens is 288 g/mol. The number of nitrogens with zero attached hydrogens (tertiary/aromatic N) is 1. The molecule has 0 unspecified atom stereocenters. The van der Waals surface area contributed by atoms with Crippen molar-refractivity contribution < 1.29 is 9.53 Å². The van der Waals surface area contributed by atoms with Crippen LogP contribution in [-0.2, 0) is 9.53 Å². The van der Waals surface area contributed by atoms with Crippen LogP contribution in [-0.4, -0.2) is 32.2 Å². The molecule has 1 aliphatic rings. The first-order chi connectivity index (χ1) is 11.3. The maximum atomic E-state index is 12.2. The van der Waals surface area contributed by atoms with Crippen molar-refractivity contribution in [2.24, 2.45) is 0 Å². The standard InChI is InChI=1S/C19H20N2O2/c22-19(11-10-16-6-2-1-3-7-16)20-17-8-4-5-9-18(17)21-12-14-23-15-13-21/h1-11H,12-15H2,(H,20,22)/b11-10+. The third kappa shape index (κ3) is 4.20. The number of hydrogen-bond donors (Lipinski definition) is 1. The summed E-state index contributed by atoms with van der Waals surface area (Å²) >= 11 is 0. The van der Waals surface area contributed by atoms with E-state index in [4.69, 9.17) is 4.74 Å². The fourth-order valence-corrected chi connectivity index (χ4v) is 2.57. The van der Waals surface area contributed by atoms with Crippen LogP contribution in [0.3, 0.4) is 0 Å². The number of morpholine rings is 1. The highest BCUT2D eigenvalue weighted by Crippen LogP contribution is 2.26. The maximum Gasteiger partial charge on any atom is 0.248 e. The SMILES string of the molecule is O=C(/C=C/c1ccccc1)Nc1ccccc1N1CCOCC1. The molecule has 0 saturated carbocycles. The molecule has 0 spiro atoms. The van der Waals surface area contributed by atoms with E-state index in [1.54, 1.807) is 6.08 Å². The van der Waals surface area contributed by atoms with E-state index in [1.807, 2.05) is 60.7 Å². The van der Waals surface area contributed by atoms with Gasteiger partial charge in [-0.15, -0.1) is 0 Å². The smallest absolute Gasteiger partial charge is 0.248 e. The minimum atomic E-state index is -0.130. The molecule has 118 valence electrons. The summed E-state index contributed by atoms with van der Waals surface area (Å²) in [6.45, 7) is 3.12. The molecule has 2 aromatic rings. The zero-order valence-electron chi connectivity index (χ0n) is 12.9. The normalized spacial score (nSPS) is 14.9. The van der Waals surface area contributed by atoms with Gasteiger partial charge in [-0.2, -0.15) is 0 Å². The summed E-state index contributed by atoms with van der Waals surface area (Å²) in [7, 11) is 0. The summed E-state index contributed by atoms with van der Waals surface area (Å²) in [6, 6.07) is 17.7. The van der Waals surface area contributed by atoms with E-state index in [2.05, 4.69) is 10.2 Å². The van der Waals surface area contributed by atoms with Crippen LogP contribution < -0.4 is 10.2 Å². The fourth-order valence-electron chi connectivity index (χ4n) is 2.57. The van der Waals surface area contributed by atoms with Gasteiger partial charge in [0.1, 0.15) is 0 Å². The minimum absolute atomic E-state index is 0.130. The highest BCUT2D eigenvalue weighted by molar-refractivity contribution is 6.03. The average Bonchev–Trinajstić information content (AvgIpc) is 2.62. The van der Waals surface area contributed by atoms with Crippen molar-refractivity contribution in [1.29, 1.82) is 0 Å². The van der Waals surface area contributed by atoms with Gasteiger partial charge in [-0.1, -0.05) is 42.5 Å². The van der Waals surface area contributed by atoms with Gasteiger partial charge in [0, 0.05) is 19.2 Å². The van der Waals surface area contributed by atoms with Crippen molar-refractivity contribution in [3.05, 3.63) is 66.2 Å². The first kappa shape index (κ1) is 15.3. The molecule has 4 nitrogen and oxygen atoms in total. The van der Waals surface area contributed by atoms with E-state index in [9.17, 15) is 4.79 Å². The average molecular weight is 308 g/mol. The molecule has 3 rings (SSSR count). The van der Waals surface area contributed by atoms with E-state index in [1.165, 1.54) is 0 Å². The Morgan fingerprint density at radius 1 is 1.00 bits per heavy atom. The number of anilines is 2. The first-order valence-electron chi connectivity index (χ1n) is 7.79. The largest absolute Gasteiger partial charge is 0.378 e. The van der Waals surface area contributed by atoms with Crippen molar-refractivity contribution in [3.8, 4) is 0 Å². The van der Waals surface area contributed by atoms with Gasteiger partial charge in [0.05, 0.1) is 24.6 Å². The van der Waals surface area contributed by atoms with E-state index >= 15 is 0 Å². The summed E-state index contributed by atoms with van der Waals surface area (Å²) in [5.74, 6) is -0.130. The van der Waals surface area contributed by atoms with Gasteiger partial charge in [0.2, 0.25) is 5.91 Å². The summed E-state index contributed by atoms with van der Waals surface area (Å²) < 4.78 is 5.39. The van der Waals surface area contributed by atoms with Crippen LogP contribution >= 0.6 is 0 Å². The number of rotatable bonds is 4. The predicted molar refractivity (Wildman–Crippen MR) is 93.6 cm³/mol. The zero-order valence-corrected chi connectivity index (χ0v) is 12.9. The number of nitrogens with one attached hydrogen (secondary N) is 1. The van der Waals surface area contributed by atoms with Crippen molar-refractivity contribution in [1.82, 2.24) is 0 Å². The molecule has 4 heteroatoms. The zero-order chi connectivity index (χ0) is 15.9. The Bertz CT molecular complexity index is 677. The lowest BCUT2D eigenvalue weighted by atomic mass is 10.2. The summed E-state index contributed by atoms with van der Waals surface area (Å²) in [6.07, 6.45) is 3.37. The van der Waals surface area contributed by atoms with Crippen molar-refractivity contribution in [3.63, 3.8) is 0 Å². The van der Waals surface area contributed by atoms with Crippen LogP contribution in [0.25, 0.3) is 6.08 Å². The second kappa shape index (κ2) is 7.61. The number of carbonyl (C=O) groups excluding carboxylic acids is 1. The predicted octanol–water partition coefficient (Wildman–Crippen LogP) is 3.18. The van der Waals surface area contributed by atoms with Gasteiger partial charge in [-0.05, 0) is 23.8 Å². The second-order valence-corrected chi connectivity index (χ2v) is 5.35. The molecule has 1 N–H and O–H groups in total. The molecule has 0 radical (unpaired) electrons. The third-order valence-corrected chi connectivity index (χ3v) is 3.74. The quantitative estimate of drug-likeness (QED) is 0.882. The fraction of sp³-hybridized carbons (Fsp3) is 0.211. The molecule has 1 saturated heterocycles. The summed E-state index contributed by atoms with van der Waals surface area (Å²) in [5, 5.41) is 2.97. The summed E-state index contributed by atoms with van der Waals surface area (Å²) in [5.41, 5.74) is 2.87. The third-order valence-electron chi connectivity index (χ3n) is 3.74. The second-order valence-electron chi connectivity index (χ2n) is 5.35. The molecule has 2 aromatic carbocycles. The van der Waals surface area contributed by atoms with Crippen molar-refractivity contribution >= 4 is 23.4 Å². The molecule has 23 heavy (non-hydrogen) atoms. The topological polar surface area (TPSA) is 41.6 Å². The first-order valence-corrected chi connectivity index (χ1v) is 7.79. The number of ether oxygens (including phenoxy) is 1. The number of para-hydroxylation sites is 2. The van der Waals surface area contributed by atoms with Gasteiger partial charge in [-0.3, -0.25) is 4.79 Å². The Labute approximate surface area is 136 Å². The van der Waals surface area contributed by atoms with Crippen LogP contribution in [0, 0.1) is 0 Å². The molecule has 1 fully saturated rings. The van der Waals surface area contributed by atoms with Crippen LogP contribution in [0.1, 0.15) is 5.56 Å². The highest BCUT2D eigenvalue weighted by atomic mass is 16.5. The number of amides is 1. The van der Waals surface area contributed by atoms with E-state index in [0.29, 0.717) is 0 Å². The number of carbonyl (C=O) groups is 1. The van der Waals surface area contributed by atoms with Crippen LogP contribution in [0.2, 0.25) is 0 Å². The van der Waals surface area contributed by atoms with E-state index in [0.717, 1.165) is 43.2 Å². The molecule has 0 atom stereocenters. The molecule has 0 aromatic heterocycles. The van der Waals surface area contributed by atoms with Crippen molar-refractivity contribution in [2.75, 3.05) is 36.5 Å². The van der Waals surface area contributed by atoms with Crippen LogP contribution in [0.5, 0.6) is 0 Å². The number of hydrogen-bond acceptors (Lipinski definition) is 3. The van der Waals surface area contributed by atoms with Crippen LogP contribution in [0.15, 0.2) is 60.7 Å². The molecule has 1 amide bonds. The molecule has 1 heterocycles. The minimum Gasteiger partial charge on any atom is -0.378 e. The van der Waals surface area contributed by atoms with Crippen molar-refractivity contribution in [2.45, 2.75) is 0 Å². The molecule has 0 aliphatic carbocycles. The molecule has 1 aliphatic heterocycles. The van der Waals surface area contributed by atoms with E-state index in [-0.39, 0.29) is 5.91 Å². The Morgan fingerprint density at radius 3 is 2.48 bits per heavy atom. The Morgan fingerprint density at radius 2 is 1.70 bits per heavy atom. The number of benzene rings is 2. The van der Waals surface area contributed by atoms with Gasteiger partial charge in [0.15, 0.2) is 0 Å². The van der Waals surface area contributed by atoms with Gasteiger partial charge < -0.3 is 15.0 Å². The van der Waals surface area contributed by atoms with E-state index < -0.39 is 0 Å². The maximum absolute atomic E-state index is 12.2. The highest BCUT2D eigenvalue weighted by Gasteiger charge is 2.14. The Balaban J connectivity index is 1.70. The Hall–Kier alpha value is -2.59. The Kier molecular flexibility index (Phi) is 5.06. The van der Waals surface area contributed by atoms with Crippen LogP contribution in [0.4, 0.5) is 11.4 Å². The van der Waals surface area contributed by atoms with Gasteiger partial charge in [-0.25, -0.2) is 0 Å². The monoisotopic (exact) mass is 308 g/mol. The van der Waals surface area contributed by atoms with Gasteiger partial charge >= 0.3 is 0 Å².